The van der Waals surface area contributed by atoms with Gasteiger partial charge in [0.25, 0.3) is 0 Å². The number of benzene rings is 1. The maximum Gasteiger partial charge on any atom is 0.223 e. The highest BCUT2D eigenvalue weighted by molar-refractivity contribution is 5.79. The third-order valence-corrected chi connectivity index (χ3v) is 3.44. The van der Waals surface area contributed by atoms with Gasteiger partial charge in [0.2, 0.25) is 5.91 Å². The lowest BCUT2D eigenvalue weighted by Crippen LogP contribution is -2.32. The van der Waals surface area contributed by atoms with Crippen molar-refractivity contribution < 1.29 is 4.79 Å². The summed E-state index contributed by atoms with van der Waals surface area (Å²) < 4.78 is 0. The average molecular weight is 272 g/mol. The van der Waals surface area contributed by atoms with Crippen LogP contribution in [-0.2, 0) is 4.79 Å². The summed E-state index contributed by atoms with van der Waals surface area (Å²) in [4.78, 5) is 12.1. The molecule has 0 saturated carbocycles. The zero-order valence-corrected chi connectivity index (χ0v) is 12.6. The van der Waals surface area contributed by atoms with E-state index < -0.39 is 0 Å². The van der Waals surface area contributed by atoms with Crippen LogP contribution in [0.3, 0.4) is 0 Å². The molecule has 0 heterocycles. The molecule has 0 aromatic heterocycles. The van der Waals surface area contributed by atoms with Gasteiger partial charge in [-0.2, -0.15) is 0 Å². The summed E-state index contributed by atoms with van der Waals surface area (Å²) >= 11 is 0. The number of hydrogen-bond donors (Lipinski definition) is 2. The highest BCUT2D eigenvalue weighted by Crippen LogP contribution is 2.16. The van der Waals surface area contributed by atoms with Crippen LogP contribution in [0.2, 0.25) is 0 Å². The molecule has 1 unspecified atom stereocenters. The van der Waals surface area contributed by atoms with E-state index >= 15 is 0 Å². The van der Waals surface area contributed by atoms with Gasteiger partial charge in [-0.15, -0.1) is 0 Å². The second-order valence-electron chi connectivity index (χ2n) is 4.88. The molecule has 0 spiro atoms. The molecule has 0 aliphatic rings. The third kappa shape index (κ3) is 4.71. The Kier molecular flexibility index (Phi) is 6.83. The first-order valence-electron chi connectivity index (χ1n) is 7.21. The largest absolute Gasteiger partial charge is 0.349 e. The molecule has 0 bridgehead atoms. The van der Waals surface area contributed by atoms with Crippen molar-refractivity contribution in [3.8, 4) is 11.8 Å². The second kappa shape index (κ2) is 8.39. The lowest BCUT2D eigenvalue weighted by molar-refractivity contribution is -0.125. The second-order valence-corrected chi connectivity index (χ2v) is 4.88. The van der Waals surface area contributed by atoms with Crippen molar-refractivity contribution in [1.82, 2.24) is 5.32 Å². The molecule has 3 heteroatoms. The number of amides is 1. The SMILES string of the molecule is CCC(CC)C(=O)NC(C)c1cccc(C#CCN)c1. The minimum atomic E-state index is -0.0114. The Bertz CT molecular complexity index is 495. The van der Waals surface area contributed by atoms with Crippen LogP contribution in [0.1, 0.15) is 50.8 Å². The fourth-order valence-corrected chi connectivity index (χ4v) is 2.11. The highest BCUT2D eigenvalue weighted by Gasteiger charge is 2.16. The topological polar surface area (TPSA) is 55.1 Å². The summed E-state index contributed by atoms with van der Waals surface area (Å²) in [6.07, 6.45) is 1.74. The van der Waals surface area contributed by atoms with Crippen molar-refractivity contribution in [1.29, 1.82) is 0 Å². The van der Waals surface area contributed by atoms with Crippen LogP contribution in [0.25, 0.3) is 0 Å². The van der Waals surface area contributed by atoms with Crippen LogP contribution >= 0.6 is 0 Å². The Morgan fingerprint density at radius 1 is 1.35 bits per heavy atom. The molecule has 3 nitrogen and oxygen atoms in total. The molecule has 20 heavy (non-hydrogen) atoms. The maximum atomic E-state index is 12.1. The summed E-state index contributed by atoms with van der Waals surface area (Å²) in [6, 6.07) is 7.89. The van der Waals surface area contributed by atoms with E-state index in [-0.39, 0.29) is 17.9 Å². The molecule has 1 atom stereocenters. The third-order valence-electron chi connectivity index (χ3n) is 3.44. The molecular weight excluding hydrogens is 248 g/mol. The quantitative estimate of drug-likeness (QED) is 0.810. The zero-order valence-electron chi connectivity index (χ0n) is 12.6. The van der Waals surface area contributed by atoms with Gasteiger partial charge in [0.15, 0.2) is 0 Å². The number of carbonyl (C=O) groups excluding carboxylic acids is 1. The van der Waals surface area contributed by atoms with Gasteiger partial charge in [0.05, 0.1) is 12.6 Å². The summed E-state index contributed by atoms with van der Waals surface area (Å²) in [5.41, 5.74) is 7.36. The molecule has 0 aliphatic heterocycles. The highest BCUT2D eigenvalue weighted by atomic mass is 16.1. The van der Waals surface area contributed by atoms with Crippen LogP contribution < -0.4 is 11.1 Å². The van der Waals surface area contributed by atoms with E-state index in [2.05, 4.69) is 17.2 Å². The van der Waals surface area contributed by atoms with E-state index in [0.717, 1.165) is 24.0 Å². The average Bonchev–Trinajstić information content (AvgIpc) is 2.46. The Morgan fingerprint density at radius 2 is 2.05 bits per heavy atom. The molecule has 1 amide bonds. The van der Waals surface area contributed by atoms with Crippen LogP contribution in [0.5, 0.6) is 0 Å². The fourth-order valence-electron chi connectivity index (χ4n) is 2.11. The van der Waals surface area contributed by atoms with Gasteiger partial charge in [-0.1, -0.05) is 37.8 Å². The normalized spacial score (nSPS) is 11.7. The number of rotatable bonds is 5. The summed E-state index contributed by atoms with van der Waals surface area (Å²) in [6.45, 7) is 6.43. The van der Waals surface area contributed by atoms with Gasteiger partial charge in [-0.25, -0.2) is 0 Å². The van der Waals surface area contributed by atoms with E-state index in [1.54, 1.807) is 0 Å². The molecule has 108 valence electrons. The maximum absolute atomic E-state index is 12.1. The molecule has 0 radical (unpaired) electrons. The van der Waals surface area contributed by atoms with Gasteiger partial charge in [0.1, 0.15) is 0 Å². The van der Waals surface area contributed by atoms with Gasteiger partial charge in [-0.05, 0) is 37.5 Å². The smallest absolute Gasteiger partial charge is 0.223 e. The Balaban J connectivity index is 2.77. The van der Waals surface area contributed by atoms with Crippen molar-refractivity contribution in [2.24, 2.45) is 11.7 Å². The standard InChI is InChI=1S/C17H24N2O/c1-4-15(5-2)17(20)19-13(3)16-10-6-8-14(12-16)9-7-11-18/h6,8,10,12-13,15H,4-5,11,18H2,1-3H3,(H,19,20). The predicted molar refractivity (Wildman–Crippen MR) is 83.0 cm³/mol. The van der Waals surface area contributed by atoms with E-state index in [1.165, 1.54) is 0 Å². The molecule has 0 aliphatic carbocycles. The van der Waals surface area contributed by atoms with Gasteiger partial charge in [-0.3, -0.25) is 4.79 Å². The molecule has 1 rings (SSSR count). The lowest BCUT2D eigenvalue weighted by atomic mass is 10.0. The molecular formula is C17H24N2O. The first kappa shape index (κ1) is 16.3. The van der Waals surface area contributed by atoms with E-state index in [4.69, 9.17) is 5.73 Å². The number of nitrogens with one attached hydrogen (secondary N) is 1. The number of nitrogens with two attached hydrogens (primary N) is 1. The van der Waals surface area contributed by atoms with Crippen molar-refractivity contribution in [2.75, 3.05) is 6.54 Å². The first-order chi connectivity index (χ1) is 9.62. The predicted octanol–water partition coefficient (Wildman–Crippen LogP) is 2.61. The van der Waals surface area contributed by atoms with Gasteiger partial charge < -0.3 is 11.1 Å². The Hall–Kier alpha value is -1.79. The van der Waals surface area contributed by atoms with E-state index in [9.17, 15) is 4.79 Å². The van der Waals surface area contributed by atoms with Crippen molar-refractivity contribution in [3.05, 3.63) is 35.4 Å². The van der Waals surface area contributed by atoms with Gasteiger partial charge in [0, 0.05) is 11.5 Å². The molecule has 1 aromatic carbocycles. The minimum absolute atomic E-state index is 0.0114. The van der Waals surface area contributed by atoms with Gasteiger partial charge >= 0.3 is 0 Å². The Labute approximate surface area is 121 Å². The van der Waals surface area contributed by atoms with Crippen LogP contribution in [0.15, 0.2) is 24.3 Å². The summed E-state index contributed by atoms with van der Waals surface area (Å²) in [5, 5.41) is 3.07. The van der Waals surface area contributed by atoms with Crippen LogP contribution in [0, 0.1) is 17.8 Å². The lowest BCUT2D eigenvalue weighted by Gasteiger charge is -2.18. The summed E-state index contributed by atoms with van der Waals surface area (Å²) in [7, 11) is 0. The molecule has 3 N–H and O–H groups in total. The fraction of sp³-hybridized carbons (Fsp3) is 0.471. The molecule has 1 aromatic rings. The number of carbonyl (C=O) groups is 1. The minimum Gasteiger partial charge on any atom is -0.349 e. The Morgan fingerprint density at radius 3 is 2.65 bits per heavy atom. The molecule has 0 saturated heterocycles. The van der Waals surface area contributed by atoms with E-state index in [0.29, 0.717) is 6.54 Å². The zero-order chi connectivity index (χ0) is 15.0. The van der Waals surface area contributed by atoms with Crippen LogP contribution in [0.4, 0.5) is 0 Å². The van der Waals surface area contributed by atoms with E-state index in [1.807, 2.05) is 45.0 Å². The first-order valence-corrected chi connectivity index (χ1v) is 7.21. The van der Waals surface area contributed by atoms with Crippen molar-refractivity contribution in [2.45, 2.75) is 39.7 Å². The monoisotopic (exact) mass is 272 g/mol. The summed E-state index contributed by atoms with van der Waals surface area (Å²) in [5.74, 6) is 6.07. The number of hydrogen-bond acceptors (Lipinski definition) is 2. The van der Waals surface area contributed by atoms with Crippen molar-refractivity contribution in [3.63, 3.8) is 0 Å². The molecule has 0 fully saturated rings. The van der Waals surface area contributed by atoms with Crippen LogP contribution in [-0.4, -0.2) is 12.5 Å². The van der Waals surface area contributed by atoms with Crippen molar-refractivity contribution >= 4 is 5.91 Å².